The van der Waals surface area contributed by atoms with Gasteiger partial charge in [0.25, 0.3) is 0 Å². The largest absolute Gasteiger partial charge is 0.462 e. The van der Waals surface area contributed by atoms with Gasteiger partial charge in [-0.2, -0.15) is 0 Å². The van der Waals surface area contributed by atoms with Crippen LogP contribution in [-0.4, -0.2) is 60.8 Å². The summed E-state index contributed by atoms with van der Waals surface area (Å²) in [5, 5.41) is 0. The van der Waals surface area contributed by atoms with Crippen LogP contribution in [0, 0.1) is 29.6 Å². The summed E-state index contributed by atoms with van der Waals surface area (Å²) in [6.07, 6.45) is 8.97. The van der Waals surface area contributed by atoms with Crippen LogP contribution in [0.25, 0.3) is 6.08 Å². The third-order valence-electron chi connectivity index (χ3n) is 7.91. The molecule has 5 rings (SSSR count). The van der Waals surface area contributed by atoms with Crippen molar-refractivity contribution in [1.29, 1.82) is 0 Å². The summed E-state index contributed by atoms with van der Waals surface area (Å²) >= 11 is 0. The van der Waals surface area contributed by atoms with Gasteiger partial charge in [0.1, 0.15) is 6.10 Å². The number of piperidine rings is 1. The molecule has 0 N–H and O–H groups in total. The summed E-state index contributed by atoms with van der Waals surface area (Å²) in [6.45, 7) is 7.82. The van der Waals surface area contributed by atoms with E-state index in [9.17, 15) is 9.59 Å². The Hall–Kier alpha value is -2.57. The Morgan fingerprint density at radius 1 is 1.31 bits per heavy atom. The number of cyclic esters (lactones) is 1. The van der Waals surface area contributed by atoms with Gasteiger partial charge in [0.2, 0.25) is 0 Å². The van der Waals surface area contributed by atoms with Crippen molar-refractivity contribution in [2.45, 2.75) is 39.2 Å². The van der Waals surface area contributed by atoms with E-state index in [0.29, 0.717) is 25.6 Å². The number of carbonyl (C=O) groups excluding carboxylic acids is 2. The zero-order chi connectivity index (χ0) is 22.2. The lowest BCUT2D eigenvalue weighted by atomic mass is 9.59. The molecule has 1 saturated carbocycles. The first-order valence-electron chi connectivity index (χ1n) is 12.1. The average molecular weight is 440 g/mol. The molecule has 0 aromatic carbocycles. The maximum atomic E-state index is 12.6. The normalized spacial score (nSPS) is 34.0. The summed E-state index contributed by atoms with van der Waals surface area (Å²) in [6, 6.07) is 4.21. The second kappa shape index (κ2) is 8.75. The highest BCUT2D eigenvalue weighted by Gasteiger charge is 2.54. The van der Waals surface area contributed by atoms with Crippen molar-refractivity contribution in [3.8, 4) is 0 Å². The molecule has 0 spiro atoms. The molecule has 1 amide bonds. The van der Waals surface area contributed by atoms with Crippen LogP contribution in [0.15, 0.2) is 24.4 Å². The van der Waals surface area contributed by atoms with Crippen LogP contribution in [0.5, 0.6) is 0 Å². The van der Waals surface area contributed by atoms with Crippen molar-refractivity contribution in [1.82, 2.24) is 9.88 Å². The molecule has 32 heavy (non-hydrogen) atoms. The number of carbonyl (C=O) groups is 2. The van der Waals surface area contributed by atoms with Gasteiger partial charge in [-0.1, -0.05) is 6.08 Å². The van der Waals surface area contributed by atoms with Crippen LogP contribution in [0.3, 0.4) is 0 Å². The van der Waals surface area contributed by atoms with E-state index in [0.717, 1.165) is 31.6 Å². The third-order valence-corrected chi connectivity index (χ3v) is 7.91. The SMILES string of the molecule is CCOC(=O)N1CC[C@@H]2[C@H](C[C@H]3C(=O)O[C@H](C)[C@H]3[C@H]2/C=C/c2ccc(N3CCC3)cn2)C1. The first-order chi connectivity index (χ1) is 15.5. The molecule has 1 aromatic rings. The van der Waals surface area contributed by atoms with Crippen molar-refractivity contribution in [3.05, 3.63) is 30.1 Å². The van der Waals surface area contributed by atoms with E-state index in [2.05, 4.69) is 34.2 Å². The minimum atomic E-state index is -0.242. The number of fused-ring (bicyclic) bond motifs is 2. The second-order valence-electron chi connectivity index (χ2n) is 9.64. The molecule has 6 atom stereocenters. The molecule has 3 saturated heterocycles. The number of hydrogen-bond donors (Lipinski definition) is 0. The van der Waals surface area contributed by atoms with Crippen molar-refractivity contribution < 1.29 is 19.1 Å². The van der Waals surface area contributed by atoms with Crippen LogP contribution in [0.2, 0.25) is 0 Å². The Bertz CT molecular complexity index is 882. The minimum absolute atomic E-state index is 0.0760. The van der Waals surface area contributed by atoms with Crippen molar-refractivity contribution in [2.75, 3.05) is 37.7 Å². The molecule has 7 heteroatoms. The smallest absolute Gasteiger partial charge is 0.409 e. The molecule has 4 heterocycles. The zero-order valence-electron chi connectivity index (χ0n) is 19.0. The highest BCUT2D eigenvalue weighted by Crippen LogP contribution is 2.51. The van der Waals surface area contributed by atoms with Gasteiger partial charge in [-0.05, 0) is 69.1 Å². The highest BCUT2D eigenvalue weighted by atomic mass is 16.6. The summed E-state index contributed by atoms with van der Waals surface area (Å²) in [5.41, 5.74) is 2.12. The van der Waals surface area contributed by atoms with E-state index >= 15 is 0 Å². The fourth-order valence-electron chi connectivity index (χ4n) is 6.20. The first-order valence-corrected chi connectivity index (χ1v) is 12.1. The van der Waals surface area contributed by atoms with Crippen molar-refractivity contribution in [3.63, 3.8) is 0 Å². The van der Waals surface area contributed by atoms with E-state index in [-0.39, 0.29) is 41.8 Å². The predicted octanol–water partition coefficient (Wildman–Crippen LogP) is 3.60. The Morgan fingerprint density at radius 2 is 2.16 bits per heavy atom. The second-order valence-corrected chi connectivity index (χ2v) is 9.64. The maximum absolute atomic E-state index is 12.6. The monoisotopic (exact) mass is 439 g/mol. The van der Waals surface area contributed by atoms with E-state index in [1.165, 1.54) is 12.1 Å². The standard InChI is InChI=1S/C25H33N3O4/c1-3-31-25(30)28-12-9-20-17(15-28)13-22-23(16(2)32-24(22)29)21(20)8-6-18-5-7-19(14-26-18)27-10-4-11-27/h5-8,14,16-17,20-23H,3-4,9-13,15H2,1-2H3/b8-6+/t16-,17-,20-,21+,22-,23+/m1/s1. The summed E-state index contributed by atoms with van der Waals surface area (Å²) in [4.78, 5) is 33.7. The van der Waals surface area contributed by atoms with E-state index in [1.54, 1.807) is 0 Å². The number of rotatable bonds is 4. The van der Waals surface area contributed by atoms with Gasteiger partial charge < -0.3 is 19.3 Å². The number of allylic oxidation sites excluding steroid dienone is 1. The number of hydrogen-bond acceptors (Lipinski definition) is 6. The number of pyridine rings is 1. The third kappa shape index (κ3) is 3.86. The topological polar surface area (TPSA) is 72.0 Å². The minimum Gasteiger partial charge on any atom is -0.462 e. The molecule has 4 fully saturated rings. The van der Waals surface area contributed by atoms with Crippen molar-refractivity contribution in [2.24, 2.45) is 29.6 Å². The molecular formula is C25H33N3O4. The summed E-state index contributed by atoms with van der Waals surface area (Å²) in [5.74, 6) is 0.962. The van der Waals surface area contributed by atoms with Gasteiger partial charge >= 0.3 is 12.1 Å². The molecule has 3 aliphatic heterocycles. The van der Waals surface area contributed by atoms with Gasteiger partial charge in [-0.15, -0.1) is 0 Å². The fourth-order valence-corrected chi connectivity index (χ4v) is 6.20. The molecule has 172 valence electrons. The van der Waals surface area contributed by atoms with Crippen LogP contribution >= 0.6 is 0 Å². The predicted molar refractivity (Wildman–Crippen MR) is 121 cm³/mol. The zero-order valence-corrected chi connectivity index (χ0v) is 19.0. The van der Waals surface area contributed by atoms with Crippen molar-refractivity contribution >= 4 is 23.8 Å². The number of anilines is 1. The summed E-state index contributed by atoms with van der Waals surface area (Å²) in [7, 11) is 0. The first kappa shape index (κ1) is 21.3. The molecule has 7 nitrogen and oxygen atoms in total. The van der Waals surface area contributed by atoms with Crippen LogP contribution in [0.1, 0.15) is 38.8 Å². The molecule has 0 radical (unpaired) electrons. The molecule has 1 aliphatic carbocycles. The van der Waals surface area contributed by atoms with Gasteiger partial charge in [-0.3, -0.25) is 9.78 Å². The number of aromatic nitrogens is 1. The maximum Gasteiger partial charge on any atom is 0.409 e. The van der Waals surface area contributed by atoms with E-state index in [4.69, 9.17) is 9.47 Å². The lowest BCUT2D eigenvalue weighted by molar-refractivity contribution is -0.144. The van der Waals surface area contributed by atoms with Gasteiger partial charge in [0.05, 0.1) is 30.1 Å². The Kier molecular flexibility index (Phi) is 5.82. The average Bonchev–Trinajstić information content (AvgIpc) is 3.04. The number of ether oxygens (including phenoxy) is 2. The highest BCUT2D eigenvalue weighted by molar-refractivity contribution is 5.76. The Morgan fingerprint density at radius 3 is 2.84 bits per heavy atom. The van der Waals surface area contributed by atoms with Crippen LogP contribution in [-0.2, 0) is 14.3 Å². The lowest BCUT2D eigenvalue weighted by Crippen LogP contribution is -2.51. The van der Waals surface area contributed by atoms with Gasteiger partial charge in [0.15, 0.2) is 0 Å². The van der Waals surface area contributed by atoms with Crippen LogP contribution in [0.4, 0.5) is 10.5 Å². The molecule has 4 aliphatic rings. The molecule has 0 bridgehead atoms. The fraction of sp³-hybridized carbons (Fsp3) is 0.640. The molecule has 0 unspecified atom stereocenters. The number of nitrogens with zero attached hydrogens (tertiary/aromatic N) is 3. The van der Waals surface area contributed by atoms with Gasteiger partial charge in [0, 0.05) is 32.1 Å². The van der Waals surface area contributed by atoms with Gasteiger partial charge in [-0.25, -0.2) is 4.79 Å². The number of likely N-dealkylation sites (tertiary alicyclic amines) is 1. The summed E-state index contributed by atoms with van der Waals surface area (Å²) < 4.78 is 10.9. The molecule has 1 aromatic heterocycles. The Balaban J connectivity index is 1.35. The Labute approximate surface area is 189 Å². The number of amides is 1. The number of esters is 1. The lowest BCUT2D eigenvalue weighted by Gasteiger charge is -2.48. The van der Waals surface area contributed by atoms with Crippen LogP contribution < -0.4 is 4.90 Å². The van der Waals surface area contributed by atoms with E-state index in [1.807, 2.05) is 24.9 Å². The molecular weight excluding hydrogens is 406 g/mol. The van der Waals surface area contributed by atoms with E-state index < -0.39 is 0 Å². The quantitative estimate of drug-likeness (QED) is 0.668.